The monoisotopic (exact) mass is 346 g/mol. The molecule has 0 fully saturated rings. The fourth-order valence-corrected chi connectivity index (χ4v) is 3.86. The Labute approximate surface area is 156 Å². The molecule has 0 saturated carbocycles. The fraction of sp³-hybridized carbons (Fsp3) is 0.167. The Morgan fingerprint density at radius 1 is 0.600 bits per heavy atom. The Hall–Kier alpha value is -2.25. The summed E-state index contributed by atoms with van der Waals surface area (Å²) in [5.41, 5.74) is 5.23. The first-order chi connectivity index (χ1) is 12.2. The van der Waals surface area contributed by atoms with Crippen LogP contribution in [0.2, 0.25) is 0 Å². The maximum Gasteiger partial charge on any atom is 0.0157 e. The van der Waals surface area contributed by atoms with Gasteiger partial charge in [0, 0.05) is 9.79 Å². The molecule has 0 radical (unpaired) electrons. The van der Waals surface area contributed by atoms with Crippen LogP contribution in [0.15, 0.2) is 96.8 Å². The van der Waals surface area contributed by atoms with Crippen LogP contribution in [0.3, 0.4) is 0 Å². The fourth-order valence-electron chi connectivity index (χ4n) is 2.80. The lowest BCUT2D eigenvalue weighted by molar-refractivity contribution is 1.12. The predicted octanol–water partition coefficient (Wildman–Crippen LogP) is 6.75. The molecule has 0 aliphatic rings. The molecule has 0 aromatic heterocycles. The van der Waals surface area contributed by atoms with Gasteiger partial charge in [-0.2, -0.15) is 0 Å². The van der Waals surface area contributed by atoms with E-state index in [0.29, 0.717) is 0 Å². The van der Waals surface area contributed by atoms with Crippen LogP contribution >= 0.6 is 11.8 Å². The first-order valence-electron chi connectivity index (χ1n) is 8.56. The third kappa shape index (κ3) is 5.37. The van der Waals surface area contributed by atoms with Gasteiger partial charge < -0.3 is 0 Å². The van der Waals surface area contributed by atoms with Crippen molar-refractivity contribution in [1.82, 2.24) is 0 Å². The molecule has 0 atom stereocenters. The molecule has 0 N–H and O–H groups in total. The highest BCUT2D eigenvalue weighted by atomic mass is 32.2. The summed E-state index contributed by atoms with van der Waals surface area (Å²) in [6.07, 6.45) is 11.4. The second-order valence-electron chi connectivity index (χ2n) is 5.96. The number of hydrogen-bond donors (Lipinski definition) is 0. The van der Waals surface area contributed by atoms with E-state index in [4.69, 9.17) is 0 Å². The molecule has 2 rings (SSSR count). The summed E-state index contributed by atoms with van der Waals surface area (Å²) in [6, 6.07) is 13.4. The van der Waals surface area contributed by atoms with Crippen molar-refractivity contribution >= 4 is 11.8 Å². The lowest BCUT2D eigenvalue weighted by atomic mass is 10.1. The maximum absolute atomic E-state index is 3.91. The second kappa shape index (κ2) is 9.90. The Kier molecular flexibility index (Phi) is 7.56. The maximum atomic E-state index is 3.91. The van der Waals surface area contributed by atoms with E-state index in [1.165, 1.54) is 32.0 Å². The van der Waals surface area contributed by atoms with E-state index in [1.54, 1.807) is 0 Å². The van der Waals surface area contributed by atoms with Crippen molar-refractivity contribution in [2.75, 3.05) is 0 Å². The van der Waals surface area contributed by atoms with E-state index in [-0.39, 0.29) is 0 Å². The van der Waals surface area contributed by atoms with Crippen molar-refractivity contribution in [2.24, 2.45) is 0 Å². The summed E-state index contributed by atoms with van der Waals surface area (Å²) >= 11 is 1.83. The molecule has 0 spiro atoms. The molecule has 0 nitrogen and oxygen atoms in total. The molecule has 128 valence electrons. The van der Waals surface area contributed by atoms with Crippen LogP contribution in [-0.2, 0) is 25.7 Å². The van der Waals surface area contributed by atoms with Crippen molar-refractivity contribution in [2.45, 2.75) is 35.5 Å². The van der Waals surface area contributed by atoms with Gasteiger partial charge in [-0.15, -0.1) is 26.3 Å². The average molecular weight is 347 g/mol. The van der Waals surface area contributed by atoms with Gasteiger partial charge in [0.1, 0.15) is 0 Å². The predicted molar refractivity (Wildman–Crippen MR) is 113 cm³/mol. The molecule has 2 aromatic carbocycles. The standard InChI is InChI=1S/C24H26S/c1-5-9-19-13-15-23(21(17-19)11-7-3)25-24-16-14-20(10-6-2)18-22(24)12-8-4/h5-8,13-18H,1-4,9-12H2. The molecule has 0 heterocycles. The number of rotatable bonds is 10. The molecule has 0 aliphatic heterocycles. The number of hydrogen-bond acceptors (Lipinski definition) is 1. The van der Waals surface area contributed by atoms with Crippen molar-refractivity contribution in [3.05, 3.63) is 109 Å². The smallest absolute Gasteiger partial charge is 0.0157 e. The normalized spacial score (nSPS) is 10.2. The third-order valence-corrected chi connectivity index (χ3v) is 5.19. The minimum absolute atomic E-state index is 0.874. The van der Waals surface area contributed by atoms with E-state index in [9.17, 15) is 0 Å². The summed E-state index contributed by atoms with van der Waals surface area (Å²) in [5.74, 6) is 0. The van der Waals surface area contributed by atoms with Crippen LogP contribution in [0.1, 0.15) is 22.3 Å². The third-order valence-electron chi connectivity index (χ3n) is 3.96. The van der Waals surface area contributed by atoms with Crippen LogP contribution in [0.4, 0.5) is 0 Å². The summed E-state index contributed by atoms with van der Waals surface area (Å²) in [5, 5.41) is 0. The molecule has 0 bridgehead atoms. The van der Waals surface area contributed by atoms with Crippen LogP contribution in [0.25, 0.3) is 0 Å². The Morgan fingerprint density at radius 2 is 1.00 bits per heavy atom. The summed E-state index contributed by atoms with van der Waals surface area (Å²) in [4.78, 5) is 2.57. The lowest BCUT2D eigenvalue weighted by Crippen LogP contribution is -1.93. The van der Waals surface area contributed by atoms with Gasteiger partial charge in [-0.3, -0.25) is 0 Å². The van der Waals surface area contributed by atoms with E-state index in [1.807, 2.05) is 36.1 Å². The van der Waals surface area contributed by atoms with E-state index >= 15 is 0 Å². The highest BCUT2D eigenvalue weighted by molar-refractivity contribution is 7.99. The van der Waals surface area contributed by atoms with E-state index in [0.717, 1.165) is 25.7 Å². The zero-order chi connectivity index (χ0) is 18.1. The Balaban J connectivity index is 2.37. The van der Waals surface area contributed by atoms with Gasteiger partial charge >= 0.3 is 0 Å². The van der Waals surface area contributed by atoms with Gasteiger partial charge in [0.05, 0.1) is 0 Å². The highest BCUT2D eigenvalue weighted by Gasteiger charge is 2.09. The molecule has 0 aliphatic carbocycles. The molecule has 0 saturated heterocycles. The number of benzene rings is 2. The quantitative estimate of drug-likeness (QED) is 0.429. The summed E-state index contributed by atoms with van der Waals surface area (Å²) in [7, 11) is 0. The Morgan fingerprint density at radius 3 is 1.36 bits per heavy atom. The molecule has 25 heavy (non-hydrogen) atoms. The van der Waals surface area contributed by atoms with Crippen molar-refractivity contribution in [3.63, 3.8) is 0 Å². The van der Waals surface area contributed by atoms with Gasteiger partial charge in [-0.05, 0) is 60.1 Å². The van der Waals surface area contributed by atoms with Gasteiger partial charge in [0.2, 0.25) is 0 Å². The molecular formula is C24H26S. The van der Waals surface area contributed by atoms with E-state index < -0.39 is 0 Å². The van der Waals surface area contributed by atoms with Crippen LogP contribution in [0, 0.1) is 0 Å². The highest BCUT2D eigenvalue weighted by Crippen LogP contribution is 2.35. The van der Waals surface area contributed by atoms with E-state index in [2.05, 4.69) is 62.7 Å². The molecular weight excluding hydrogens is 320 g/mol. The largest absolute Gasteiger partial charge is 0.103 e. The van der Waals surface area contributed by atoms with Gasteiger partial charge in [0.15, 0.2) is 0 Å². The average Bonchev–Trinajstić information content (AvgIpc) is 2.60. The van der Waals surface area contributed by atoms with Crippen molar-refractivity contribution in [3.8, 4) is 0 Å². The van der Waals surface area contributed by atoms with Crippen molar-refractivity contribution in [1.29, 1.82) is 0 Å². The molecule has 1 heteroatoms. The number of allylic oxidation sites excluding steroid dienone is 4. The molecule has 0 unspecified atom stereocenters. The van der Waals surface area contributed by atoms with Crippen LogP contribution < -0.4 is 0 Å². The first-order valence-corrected chi connectivity index (χ1v) is 9.38. The molecule has 2 aromatic rings. The second-order valence-corrected chi connectivity index (χ2v) is 7.04. The Bertz CT molecular complexity index is 702. The summed E-state index contributed by atoms with van der Waals surface area (Å²) < 4.78 is 0. The SMILES string of the molecule is C=CCc1ccc(Sc2ccc(CC=C)cc2CC=C)c(CC=C)c1. The topological polar surface area (TPSA) is 0 Å². The van der Waals surface area contributed by atoms with Gasteiger partial charge in [-0.1, -0.05) is 60.3 Å². The minimum atomic E-state index is 0.874. The minimum Gasteiger partial charge on any atom is -0.103 e. The van der Waals surface area contributed by atoms with Crippen LogP contribution in [-0.4, -0.2) is 0 Å². The summed E-state index contributed by atoms with van der Waals surface area (Å²) in [6.45, 7) is 15.5. The van der Waals surface area contributed by atoms with Crippen molar-refractivity contribution < 1.29 is 0 Å². The van der Waals surface area contributed by atoms with Gasteiger partial charge in [0.25, 0.3) is 0 Å². The zero-order valence-corrected chi connectivity index (χ0v) is 15.7. The molecule has 0 amide bonds. The van der Waals surface area contributed by atoms with Crippen LogP contribution in [0.5, 0.6) is 0 Å². The first kappa shape index (κ1) is 19.1. The zero-order valence-electron chi connectivity index (χ0n) is 14.8. The van der Waals surface area contributed by atoms with Gasteiger partial charge in [-0.25, -0.2) is 0 Å². The lowest BCUT2D eigenvalue weighted by Gasteiger charge is -2.13.